The SMILES string of the molecule is CC1O[C@@H](Nc2ccc(C(=O)O)cc2)[C@@H](O)C(O)[C@H]1O. The number of aliphatic hydroxyl groups excluding tert-OH is 3. The summed E-state index contributed by atoms with van der Waals surface area (Å²) in [6, 6.07) is 5.88. The molecule has 1 aliphatic rings. The molecule has 7 nitrogen and oxygen atoms in total. The summed E-state index contributed by atoms with van der Waals surface area (Å²) in [5.41, 5.74) is 0.680. The Morgan fingerprint density at radius 2 is 1.70 bits per heavy atom. The summed E-state index contributed by atoms with van der Waals surface area (Å²) in [6.45, 7) is 1.59. The summed E-state index contributed by atoms with van der Waals surface area (Å²) >= 11 is 0. The fourth-order valence-corrected chi connectivity index (χ4v) is 2.04. The van der Waals surface area contributed by atoms with Gasteiger partial charge in [0.1, 0.15) is 18.3 Å². The zero-order chi connectivity index (χ0) is 14.9. The van der Waals surface area contributed by atoms with E-state index in [0.29, 0.717) is 5.69 Å². The van der Waals surface area contributed by atoms with E-state index in [2.05, 4.69) is 5.32 Å². The van der Waals surface area contributed by atoms with Gasteiger partial charge in [0.25, 0.3) is 0 Å². The lowest BCUT2D eigenvalue weighted by molar-refractivity contribution is -0.209. The molecule has 110 valence electrons. The number of aliphatic hydroxyl groups is 3. The molecule has 20 heavy (non-hydrogen) atoms. The largest absolute Gasteiger partial charge is 0.478 e. The Labute approximate surface area is 115 Å². The fraction of sp³-hybridized carbons (Fsp3) is 0.462. The van der Waals surface area contributed by atoms with Crippen molar-refractivity contribution >= 4 is 11.7 Å². The molecule has 5 atom stereocenters. The van der Waals surface area contributed by atoms with Crippen LogP contribution in [0.1, 0.15) is 17.3 Å². The van der Waals surface area contributed by atoms with Gasteiger partial charge in [-0.2, -0.15) is 0 Å². The third-order valence-electron chi connectivity index (χ3n) is 3.29. The van der Waals surface area contributed by atoms with Gasteiger partial charge in [-0.1, -0.05) is 0 Å². The summed E-state index contributed by atoms with van der Waals surface area (Å²) in [4.78, 5) is 10.7. The van der Waals surface area contributed by atoms with Gasteiger partial charge in [0.2, 0.25) is 0 Å². The van der Waals surface area contributed by atoms with Gasteiger partial charge in [-0.15, -0.1) is 0 Å². The van der Waals surface area contributed by atoms with E-state index in [-0.39, 0.29) is 5.56 Å². The Hall–Kier alpha value is -1.67. The molecular weight excluding hydrogens is 266 g/mol. The number of carboxylic acid groups (broad SMARTS) is 1. The second-order valence-corrected chi connectivity index (χ2v) is 4.76. The minimum Gasteiger partial charge on any atom is -0.478 e. The van der Waals surface area contributed by atoms with Crippen LogP contribution >= 0.6 is 0 Å². The van der Waals surface area contributed by atoms with E-state index in [9.17, 15) is 20.1 Å². The first-order chi connectivity index (χ1) is 9.40. The smallest absolute Gasteiger partial charge is 0.335 e. The molecule has 1 aromatic carbocycles. The lowest BCUT2D eigenvalue weighted by Gasteiger charge is -2.39. The van der Waals surface area contributed by atoms with Crippen molar-refractivity contribution in [2.45, 2.75) is 37.6 Å². The zero-order valence-electron chi connectivity index (χ0n) is 10.8. The molecule has 1 aliphatic heterocycles. The van der Waals surface area contributed by atoms with Crippen LogP contribution in [0.5, 0.6) is 0 Å². The number of benzene rings is 1. The first-order valence-electron chi connectivity index (χ1n) is 6.19. The van der Waals surface area contributed by atoms with Crippen molar-refractivity contribution in [3.8, 4) is 0 Å². The highest BCUT2D eigenvalue weighted by Gasteiger charge is 2.41. The van der Waals surface area contributed by atoms with E-state index in [4.69, 9.17) is 9.84 Å². The predicted molar refractivity (Wildman–Crippen MR) is 69.4 cm³/mol. The molecule has 1 saturated heterocycles. The Morgan fingerprint density at radius 3 is 2.25 bits per heavy atom. The van der Waals surface area contributed by atoms with Gasteiger partial charge in [0, 0.05) is 5.69 Å². The van der Waals surface area contributed by atoms with E-state index in [1.54, 1.807) is 6.92 Å². The average molecular weight is 283 g/mol. The highest BCUT2D eigenvalue weighted by molar-refractivity contribution is 5.87. The molecule has 0 amide bonds. The molecule has 1 heterocycles. The molecule has 0 saturated carbocycles. The summed E-state index contributed by atoms with van der Waals surface area (Å²) < 4.78 is 5.38. The van der Waals surface area contributed by atoms with Crippen LogP contribution in [0.3, 0.4) is 0 Å². The van der Waals surface area contributed by atoms with Gasteiger partial charge in [-0.3, -0.25) is 0 Å². The maximum absolute atomic E-state index is 10.7. The normalized spacial score (nSPS) is 33.7. The number of nitrogens with one attached hydrogen (secondary N) is 1. The molecule has 2 rings (SSSR count). The van der Waals surface area contributed by atoms with Crippen LogP contribution < -0.4 is 5.32 Å². The lowest BCUT2D eigenvalue weighted by atomic mass is 9.99. The highest BCUT2D eigenvalue weighted by atomic mass is 16.5. The Morgan fingerprint density at radius 1 is 1.10 bits per heavy atom. The van der Waals surface area contributed by atoms with Crippen LogP contribution in [0, 0.1) is 0 Å². The third kappa shape index (κ3) is 2.91. The quantitative estimate of drug-likeness (QED) is 0.513. The zero-order valence-corrected chi connectivity index (χ0v) is 10.8. The van der Waals surface area contributed by atoms with Gasteiger partial charge in [0.05, 0.1) is 11.7 Å². The van der Waals surface area contributed by atoms with Crippen LogP contribution in [0.2, 0.25) is 0 Å². The number of ether oxygens (including phenoxy) is 1. The maximum Gasteiger partial charge on any atom is 0.335 e. The van der Waals surface area contributed by atoms with Crippen molar-refractivity contribution in [3.63, 3.8) is 0 Å². The molecule has 1 aromatic rings. The fourth-order valence-electron chi connectivity index (χ4n) is 2.04. The van der Waals surface area contributed by atoms with Crippen molar-refractivity contribution in [2.75, 3.05) is 5.32 Å². The van der Waals surface area contributed by atoms with Gasteiger partial charge in [-0.25, -0.2) is 4.79 Å². The molecule has 5 N–H and O–H groups in total. The van der Waals surface area contributed by atoms with Crippen LogP contribution in [0.15, 0.2) is 24.3 Å². The van der Waals surface area contributed by atoms with Gasteiger partial charge in [0.15, 0.2) is 6.23 Å². The van der Waals surface area contributed by atoms with E-state index in [0.717, 1.165) is 0 Å². The standard InChI is InChI=1S/C13H17NO6/c1-6-9(15)10(16)11(17)12(20-6)14-8-4-2-7(3-5-8)13(18)19/h2-6,9-12,14-17H,1H3,(H,18,19)/t6?,9-,10?,11-,12+/m0/s1. The Kier molecular flexibility index (Phi) is 4.24. The van der Waals surface area contributed by atoms with E-state index < -0.39 is 36.6 Å². The van der Waals surface area contributed by atoms with Gasteiger partial charge >= 0.3 is 5.97 Å². The molecule has 2 unspecified atom stereocenters. The summed E-state index contributed by atoms with van der Waals surface area (Å²) in [6.07, 6.45) is -5.28. The van der Waals surface area contributed by atoms with Crippen LogP contribution in [-0.4, -0.2) is 57.0 Å². The number of rotatable bonds is 3. The first-order valence-corrected chi connectivity index (χ1v) is 6.19. The molecule has 0 spiro atoms. The van der Waals surface area contributed by atoms with Crippen LogP contribution in [-0.2, 0) is 4.74 Å². The predicted octanol–water partition coefficient (Wildman–Crippen LogP) is -0.376. The summed E-state index contributed by atoms with van der Waals surface area (Å²) in [5, 5.41) is 40.7. The number of aromatic carboxylic acids is 1. The van der Waals surface area contributed by atoms with Gasteiger partial charge < -0.3 is 30.5 Å². The van der Waals surface area contributed by atoms with Gasteiger partial charge in [-0.05, 0) is 31.2 Å². The topological polar surface area (TPSA) is 119 Å². The molecule has 0 aromatic heterocycles. The average Bonchev–Trinajstić information content (AvgIpc) is 2.43. The van der Waals surface area contributed by atoms with Crippen LogP contribution in [0.4, 0.5) is 5.69 Å². The lowest BCUT2D eigenvalue weighted by Crippen LogP contribution is -2.58. The van der Waals surface area contributed by atoms with E-state index in [1.165, 1.54) is 24.3 Å². The summed E-state index contributed by atoms with van der Waals surface area (Å²) in [7, 11) is 0. The Bertz CT molecular complexity index is 476. The van der Waals surface area contributed by atoms with E-state index in [1.807, 2.05) is 0 Å². The van der Waals surface area contributed by atoms with Crippen LogP contribution in [0.25, 0.3) is 0 Å². The molecule has 7 heteroatoms. The monoisotopic (exact) mass is 283 g/mol. The second kappa shape index (κ2) is 5.76. The van der Waals surface area contributed by atoms with Crippen molar-refractivity contribution in [1.82, 2.24) is 0 Å². The third-order valence-corrected chi connectivity index (χ3v) is 3.29. The van der Waals surface area contributed by atoms with Crippen molar-refractivity contribution in [1.29, 1.82) is 0 Å². The number of hydrogen-bond donors (Lipinski definition) is 5. The minimum atomic E-state index is -1.31. The number of carboxylic acids is 1. The number of hydrogen-bond acceptors (Lipinski definition) is 6. The number of anilines is 1. The van der Waals surface area contributed by atoms with Crippen molar-refractivity contribution < 1.29 is 30.0 Å². The highest BCUT2D eigenvalue weighted by Crippen LogP contribution is 2.22. The molecule has 0 radical (unpaired) electrons. The molecule has 0 aliphatic carbocycles. The Balaban J connectivity index is 2.07. The maximum atomic E-state index is 10.7. The van der Waals surface area contributed by atoms with Crippen molar-refractivity contribution in [2.24, 2.45) is 0 Å². The second-order valence-electron chi connectivity index (χ2n) is 4.76. The minimum absolute atomic E-state index is 0.143. The first kappa shape index (κ1) is 14.7. The molecular formula is C13H17NO6. The van der Waals surface area contributed by atoms with Crippen molar-refractivity contribution in [3.05, 3.63) is 29.8 Å². The van der Waals surface area contributed by atoms with E-state index >= 15 is 0 Å². The summed E-state index contributed by atoms with van der Waals surface area (Å²) in [5.74, 6) is -1.03. The molecule has 0 bridgehead atoms. The molecule has 1 fully saturated rings. The number of carbonyl (C=O) groups is 1.